The van der Waals surface area contributed by atoms with Crippen molar-refractivity contribution in [2.75, 3.05) is 0 Å². The van der Waals surface area contributed by atoms with Crippen LogP contribution in [0.2, 0.25) is 0 Å². The summed E-state index contributed by atoms with van der Waals surface area (Å²) in [5.41, 5.74) is 1.29. The van der Waals surface area contributed by atoms with Crippen LogP contribution in [0.3, 0.4) is 0 Å². The second-order valence-corrected chi connectivity index (χ2v) is 6.64. The zero-order chi connectivity index (χ0) is 22.9. The number of aryl methyl sites for hydroxylation is 1. The van der Waals surface area contributed by atoms with Gasteiger partial charge in [0.25, 0.3) is 5.89 Å². The van der Waals surface area contributed by atoms with E-state index >= 15 is 0 Å². The summed E-state index contributed by atoms with van der Waals surface area (Å²) in [4.78, 5) is 19.6. The number of nitrogens with zero attached hydrogens (tertiary/aromatic N) is 5. The molecule has 4 rings (SSSR count). The lowest BCUT2D eigenvalue weighted by Crippen LogP contribution is -2.16. The van der Waals surface area contributed by atoms with Crippen LogP contribution < -0.4 is 4.74 Å². The first-order valence-electron chi connectivity index (χ1n) is 9.12. The van der Waals surface area contributed by atoms with E-state index in [1.54, 1.807) is 29.8 Å². The molecule has 32 heavy (non-hydrogen) atoms. The molecule has 0 aliphatic carbocycles. The number of halogens is 3. The Kier molecular flexibility index (Phi) is 5.34. The van der Waals surface area contributed by atoms with Crippen LogP contribution in [-0.2, 0) is 6.54 Å². The first-order chi connectivity index (χ1) is 15.2. The highest BCUT2D eigenvalue weighted by Gasteiger charge is 2.31. The second-order valence-electron chi connectivity index (χ2n) is 6.64. The Morgan fingerprint density at radius 1 is 1.12 bits per heavy atom. The highest BCUT2D eigenvalue weighted by Crippen LogP contribution is 2.26. The third-order valence-corrected chi connectivity index (χ3v) is 4.33. The van der Waals surface area contributed by atoms with Gasteiger partial charge in [0.2, 0.25) is 11.6 Å². The van der Waals surface area contributed by atoms with E-state index < -0.39 is 12.3 Å². The van der Waals surface area contributed by atoms with Gasteiger partial charge in [-0.15, -0.1) is 18.3 Å². The lowest BCUT2D eigenvalue weighted by atomic mass is 10.1. The maximum atomic E-state index is 12.3. The molecule has 2 heterocycles. The van der Waals surface area contributed by atoms with Crippen LogP contribution in [0.25, 0.3) is 23.1 Å². The van der Waals surface area contributed by atoms with E-state index in [1.165, 1.54) is 18.2 Å². The van der Waals surface area contributed by atoms with Crippen molar-refractivity contribution in [2.45, 2.75) is 19.8 Å². The SMILES string of the molecule is Cc1nc(-c2nc(-c3ccc(OC(F)(F)F)cc3)no2)nn1Cc1cccc(C(=O)O)c1. The van der Waals surface area contributed by atoms with Crippen molar-refractivity contribution in [3.63, 3.8) is 0 Å². The zero-order valence-electron chi connectivity index (χ0n) is 16.4. The molecule has 0 saturated carbocycles. The predicted octanol–water partition coefficient (Wildman–Crippen LogP) is 3.95. The average molecular weight is 445 g/mol. The number of alkyl halides is 3. The summed E-state index contributed by atoms with van der Waals surface area (Å²) >= 11 is 0. The Labute approximate surface area is 178 Å². The molecule has 4 aromatic rings. The molecule has 2 aromatic heterocycles. The number of rotatable bonds is 6. The second kappa shape index (κ2) is 8.13. The van der Waals surface area contributed by atoms with Crippen molar-refractivity contribution < 1.29 is 32.3 Å². The Hall–Kier alpha value is -4.22. The van der Waals surface area contributed by atoms with Gasteiger partial charge in [0.1, 0.15) is 11.6 Å². The quantitative estimate of drug-likeness (QED) is 0.474. The predicted molar refractivity (Wildman–Crippen MR) is 103 cm³/mol. The molecule has 2 aromatic carbocycles. The zero-order valence-corrected chi connectivity index (χ0v) is 16.4. The molecule has 164 valence electrons. The topological polar surface area (TPSA) is 116 Å². The molecule has 0 fully saturated rings. The van der Waals surface area contributed by atoms with Crippen LogP contribution in [-0.4, -0.2) is 42.3 Å². The van der Waals surface area contributed by atoms with Gasteiger partial charge >= 0.3 is 12.3 Å². The minimum absolute atomic E-state index is 0.0248. The summed E-state index contributed by atoms with van der Waals surface area (Å²) in [6, 6.07) is 11.5. The fourth-order valence-electron chi connectivity index (χ4n) is 2.87. The van der Waals surface area contributed by atoms with E-state index in [0.29, 0.717) is 11.4 Å². The maximum absolute atomic E-state index is 12.3. The van der Waals surface area contributed by atoms with Crippen molar-refractivity contribution in [3.05, 3.63) is 65.5 Å². The van der Waals surface area contributed by atoms with Gasteiger partial charge < -0.3 is 14.4 Å². The van der Waals surface area contributed by atoms with Crippen molar-refractivity contribution >= 4 is 5.97 Å². The summed E-state index contributed by atoms with van der Waals surface area (Å²) < 4.78 is 47.4. The molecular weight excluding hydrogens is 431 g/mol. The van der Waals surface area contributed by atoms with Crippen molar-refractivity contribution in [1.82, 2.24) is 24.9 Å². The van der Waals surface area contributed by atoms with E-state index in [-0.39, 0.29) is 35.4 Å². The monoisotopic (exact) mass is 445 g/mol. The van der Waals surface area contributed by atoms with Gasteiger partial charge in [0.05, 0.1) is 12.1 Å². The number of aromatic nitrogens is 5. The van der Waals surface area contributed by atoms with Gasteiger partial charge in [-0.05, 0) is 48.9 Å². The normalized spacial score (nSPS) is 11.5. The molecule has 1 N–H and O–H groups in total. The number of hydrogen-bond acceptors (Lipinski definition) is 7. The molecule has 0 radical (unpaired) electrons. The number of hydrogen-bond donors (Lipinski definition) is 1. The largest absolute Gasteiger partial charge is 0.573 e. The number of ether oxygens (including phenoxy) is 1. The van der Waals surface area contributed by atoms with Crippen molar-refractivity contribution in [2.24, 2.45) is 0 Å². The summed E-state index contributed by atoms with van der Waals surface area (Å²) in [6.07, 6.45) is -4.78. The van der Waals surface area contributed by atoms with Crippen LogP contribution in [0.5, 0.6) is 5.75 Å². The third kappa shape index (κ3) is 4.74. The lowest BCUT2D eigenvalue weighted by Gasteiger charge is -2.08. The van der Waals surface area contributed by atoms with E-state index in [2.05, 4.69) is 25.0 Å². The Bertz CT molecular complexity index is 1260. The molecule has 0 amide bonds. The molecular formula is C20H14F3N5O4. The molecule has 0 unspecified atom stereocenters. The van der Waals surface area contributed by atoms with E-state index in [1.807, 2.05) is 0 Å². The van der Waals surface area contributed by atoms with Crippen LogP contribution in [0, 0.1) is 6.92 Å². The molecule has 0 bridgehead atoms. The Morgan fingerprint density at radius 3 is 2.56 bits per heavy atom. The lowest BCUT2D eigenvalue weighted by molar-refractivity contribution is -0.274. The molecule has 9 nitrogen and oxygen atoms in total. The van der Waals surface area contributed by atoms with Gasteiger partial charge in [-0.2, -0.15) is 4.98 Å². The van der Waals surface area contributed by atoms with Crippen LogP contribution in [0.15, 0.2) is 53.1 Å². The van der Waals surface area contributed by atoms with Gasteiger partial charge in [0, 0.05) is 5.56 Å². The number of aromatic carboxylic acids is 1. The standard InChI is InChI=1S/C20H14F3N5O4/c1-11-24-17(26-28(11)10-12-3-2-4-14(9-12)19(29)30)18-25-16(27-32-18)13-5-7-15(8-6-13)31-20(21,22)23/h2-9H,10H2,1H3,(H,29,30). The first-order valence-corrected chi connectivity index (χ1v) is 9.12. The van der Waals surface area contributed by atoms with Gasteiger partial charge in [-0.25, -0.2) is 14.5 Å². The van der Waals surface area contributed by atoms with E-state index in [4.69, 9.17) is 9.63 Å². The minimum Gasteiger partial charge on any atom is -0.478 e. The fraction of sp³-hybridized carbons (Fsp3) is 0.150. The molecule has 0 saturated heterocycles. The highest BCUT2D eigenvalue weighted by atomic mass is 19.4. The van der Waals surface area contributed by atoms with Crippen LogP contribution >= 0.6 is 0 Å². The Morgan fingerprint density at radius 2 is 1.88 bits per heavy atom. The maximum Gasteiger partial charge on any atom is 0.573 e. The van der Waals surface area contributed by atoms with Gasteiger partial charge in [-0.1, -0.05) is 17.3 Å². The molecule has 0 aliphatic heterocycles. The fourth-order valence-corrected chi connectivity index (χ4v) is 2.87. The highest BCUT2D eigenvalue weighted by molar-refractivity contribution is 5.87. The summed E-state index contributed by atoms with van der Waals surface area (Å²) in [6.45, 7) is 2.00. The van der Waals surface area contributed by atoms with E-state index in [0.717, 1.165) is 17.7 Å². The summed E-state index contributed by atoms with van der Waals surface area (Å²) in [5.74, 6) is -0.535. The molecule has 0 spiro atoms. The first kappa shape index (κ1) is 21.0. The number of carbonyl (C=O) groups is 1. The molecule has 12 heteroatoms. The number of benzene rings is 2. The summed E-state index contributed by atoms with van der Waals surface area (Å²) in [5, 5.41) is 17.3. The molecule has 0 aliphatic rings. The molecule has 0 atom stereocenters. The summed E-state index contributed by atoms with van der Waals surface area (Å²) in [7, 11) is 0. The van der Waals surface area contributed by atoms with Crippen molar-refractivity contribution in [1.29, 1.82) is 0 Å². The Balaban J connectivity index is 1.52. The van der Waals surface area contributed by atoms with E-state index in [9.17, 15) is 18.0 Å². The van der Waals surface area contributed by atoms with Crippen molar-refractivity contribution in [3.8, 4) is 28.9 Å². The number of carboxylic acids is 1. The van der Waals surface area contributed by atoms with Crippen LogP contribution in [0.1, 0.15) is 21.7 Å². The average Bonchev–Trinajstić information content (AvgIpc) is 3.35. The van der Waals surface area contributed by atoms with Crippen LogP contribution in [0.4, 0.5) is 13.2 Å². The number of carboxylic acid groups (broad SMARTS) is 1. The van der Waals surface area contributed by atoms with Gasteiger partial charge in [-0.3, -0.25) is 0 Å². The van der Waals surface area contributed by atoms with Gasteiger partial charge in [0.15, 0.2) is 0 Å². The minimum atomic E-state index is -4.78. The smallest absolute Gasteiger partial charge is 0.478 e. The third-order valence-electron chi connectivity index (χ3n) is 4.33.